The number of hydrogen-bond donors (Lipinski definition) is 1. The molecule has 3 aromatic carbocycles. The van der Waals surface area contributed by atoms with Crippen LogP contribution in [0.3, 0.4) is 0 Å². The van der Waals surface area contributed by atoms with E-state index in [0.717, 1.165) is 6.42 Å². The van der Waals surface area contributed by atoms with Gasteiger partial charge in [-0.05, 0) is 42.7 Å². The van der Waals surface area contributed by atoms with E-state index in [1.807, 2.05) is 36.4 Å². The maximum atomic E-state index is 12.3. The van der Waals surface area contributed by atoms with E-state index < -0.39 is 0 Å². The average Bonchev–Trinajstić information content (AvgIpc) is 2.81. The normalized spacial score (nSPS) is 10.5. The quantitative estimate of drug-likeness (QED) is 0.489. The van der Waals surface area contributed by atoms with Crippen molar-refractivity contribution in [3.8, 4) is 11.5 Å². The van der Waals surface area contributed by atoms with Gasteiger partial charge in [-0.25, -0.2) is 0 Å². The average molecular weight is 418 g/mol. The Hall–Kier alpha value is -3.60. The molecule has 0 aromatic heterocycles. The number of hydrogen-bond acceptors (Lipinski definition) is 4. The predicted octanol–water partition coefficient (Wildman–Crippen LogP) is 4.62. The van der Waals surface area contributed by atoms with Crippen LogP contribution in [0.4, 0.5) is 0 Å². The fraction of sp³-hybridized carbons (Fsp3) is 0.231. The highest BCUT2D eigenvalue weighted by molar-refractivity contribution is 5.94. The molecule has 5 heteroatoms. The number of rotatable bonds is 10. The zero-order valence-electron chi connectivity index (χ0n) is 17.8. The van der Waals surface area contributed by atoms with Gasteiger partial charge in [0.25, 0.3) is 5.91 Å². The van der Waals surface area contributed by atoms with Crippen molar-refractivity contribution in [3.05, 3.63) is 95.6 Å². The van der Waals surface area contributed by atoms with Crippen molar-refractivity contribution in [2.75, 3.05) is 20.3 Å². The Bertz CT molecular complexity index is 963. The van der Waals surface area contributed by atoms with Gasteiger partial charge in [-0.3, -0.25) is 9.59 Å². The summed E-state index contributed by atoms with van der Waals surface area (Å²) in [5.41, 5.74) is 2.96. The fourth-order valence-corrected chi connectivity index (χ4v) is 3.45. The number of methoxy groups -OCH3 is 1. The summed E-state index contributed by atoms with van der Waals surface area (Å²) in [6.07, 6.45) is 0.774. The van der Waals surface area contributed by atoms with Crippen LogP contribution in [0.15, 0.2) is 78.9 Å². The van der Waals surface area contributed by atoms with Crippen molar-refractivity contribution in [3.63, 3.8) is 0 Å². The molecule has 3 aromatic rings. The Morgan fingerprint density at radius 2 is 1.48 bits per heavy atom. The summed E-state index contributed by atoms with van der Waals surface area (Å²) < 4.78 is 10.9. The van der Waals surface area contributed by atoms with Crippen LogP contribution >= 0.6 is 0 Å². The summed E-state index contributed by atoms with van der Waals surface area (Å²) in [6, 6.07) is 25.5. The SMILES string of the molecule is COc1cc(C(C)=O)ccc1OCC(=O)NCCC(c1ccccc1)c1ccccc1. The van der Waals surface area contributed by atoms with Gasteiger partial charge in [0.2, 0.25) is 0 Å². The molecule has 31 heavy (non-hydrogen) atoms. The Labute approximate surface area is 183 Å². The second-order valence-corrected chi connectivity index (χ2v) is 7.22. The first-order chi connectivity index (χ1) is 15.1. The van der Waals surface area contributed by atoms with Gasteiger partial charge >= 0.3 is 0 Å². The number of ether oxygens (including phenoxy) is 2. The van der Waals surface area contributed by atoms with Crippen LogP contribution in [0.2, 0.25) is 0 Å². The highest BCUT2D eigenvalue weighted by atomic mass is 16.5. The summed E-state index contributed by atoms with van der Waals surface area (Å²) in [4.78, 5) is 23.8. The third-order valence-corrected chi connectivity index (χ3v) is 5.09. The summed E-state index contributed by atoms with van der Waals surface area (Å²) >= 11 is 0. The van der Waals surface area contributed by atoms with E-state index in [0.29, 0.717) is 23.6 Å². The van der Waals surface area contributed by atoms with Crippen molar-refractivity contribution >= 4 is 11.7 Å². The first-order valence-electron chi connectivity index (χ1n) is 10.3. The van der Waals surface area contributed by atoms with Crippen LogP contribution in [0.5, 0.6) is 11.5 Å². The van der Waals surface area contributed by atoms with Gasteiger partial charge in [-0.2, -0.15) is 0 Å². The summed E-state index contributed by atoms with van der Waals surface area (Å²) in [5.74, 6) is 0.775. The number of Topliss-reactive ketones (excluding diaryl/α,β-unsaturated/α-hetero) is 1. The third kappa shape index (κ3) is 6.19. The van der Waals surface area contributed by atoms with Gasteiger partial charge < -0.3 is 14.8 Å². The largest absolute Gasteiger partial charge is 0.493 e. The molecule has 0 bridgehead atoms. The van der Waals surface area contributed by atoms with Crippen LogP contribution in [-0.4, -0.2) is 32.0 Å². The zero-order valence-corrected chi connectivity index (χ0v) is 17.8. The molecule has 0 aliphatic heterocycles. The van der Waals surface area contributed by atoms with E-state index in [1.54, 1.807) is 18.2 Å². The molecular formula is C26H27NO4. The number of nitrogens with one attached hydrogen (secondary N) is 1. The number of carbonyl (C=O) groups is 2. The first-order valence-corrected chi connectivity index (χ1v) is 10.3. The van der Waals surface area contributed by atoms with Gasteiger partial charge in [0.05, 0.1) is 7.11 Å². The topological polar surface area (TPSA) is 64.6 Å². The Balaban J connectivity index is 1.56. The monoisotopic (exact) mass is 417 g/mol. The molecule has 5 nitrogen and oxygen atoms in total. The smallest absolute Gasteiger partial charge is 0.257 e. The molecular weight excluding hydrogens is 390 g/mol. The molecule has 1 amide bonds. The van der Waals surface area contributed by atoms with E-state index in [4.69, 9.17) is 9.47 Å². The molecule has 1 N–H and O–H groups in total. The number of amides is 1. The van der Waals surface area contributed by atoms with Gasteiger partial charge in [0, 0.05) is 18.0 Å². The van der Waals surface area contributed by atoms with Crippen LogP contribution in [0, 0.1) is 0 Å². The van der Waals surface area contributed by atoms with E-state index >= 15 is 0 Å². The highest BCUT2D eigenvalue weighted by Crippen LogP contribution is 2.29. The molecule has 0 aliphatic carbocycles. The summed E-state index contributed by atoms with van der Waals surface area (Å²) in [5, 5.41) is 2.93. The molecule has 0 radical (unpaired) electrons. The molecule has 0 saturated carbocycles. The summed E-state index contributed by atoms with van der Waals surface area (Å²) in [7, 11) is 1.50. The Morgan fingerprint density at radius 1 is 0.871 bits per heavy atom. The minimum atomic E-state index is -0.211. The standard InChI is InChI=1S/C26H27NO4/c1-19(28)22-13-14-24(25(17-22)30-2)31-18-26(29)27-16-15-23(20-9-5-3-6-10-20)21-11-7-4-8-12-21/h3-14,17,23H,15-16,18H2,1-2H3,(H,27,29). The maximum Gasteiger partial charge on any atom is 0.257 e. The van der Waals surface area contributed by atoms with Crippen molar-refractivity contribution < 1.29 is 19.1 Å². The molecule has 0 saturated heterocycles. The van der Waals surface area contributed by atoms with Gasteiger partial charge in [0.15, 0.2) is 23.9 Å². The highest BCUT2D eigenvalue weighted by Gasteiger charge is 2.15. The molecule has 0 heterocycles. The first kappa shape index (κ1) is 22.1. The molecule has 0 atom stereocenters. The second kappa shape index (κ2) is 11.0. The molecule has 160 valence electrons. The molecule has 0 aliphatic rings. The van der Waals surface area contributed by atoms with Crippen LogP contribution < -0.4 is 14.8 Å². The Kier molecular flexibility index (Phi) is 7.82. The molecule has 0 fully saturated rings. The van der Waals surface area contributed by atoms with E-state index in [-0.39, 0.29) is 24.2 Å². The lowest BCUT2D eigenvalue weighted by Crippen LogP contribution is -2.30. The zero-order chi connectivity index (χ0) is 22.1. The van der Waals surface area contributed by atoms with E-state index in [9.17, 15) is 9.59 Å². The maximum absolute atomic E-state index is 12.3. The third-order valence-electron chi connectivity index (χ3n) is 5.09. The van der Waals surface area contributed by atoms with Crippen molar-refractivity contribution in [2.45, 2.75) is 19.3 Å². The van der Waals surface area contributed by atoms with Crippen molar-refractivity contribution in [1.29, 1.82) is 0 Å². The van der Waals surface area contributed by atoms with E-state index in [2.05, 4.69) is 29.6 Å². The lowest BCUT2D eigenvalue weighted by molar-refractivity contribution is -0.123. The molecule has 3 rings (SSSR count). The van der Waals surface area contributed by atoms with Crippen LogP contribution in [0.25, 0.3) is 0 Å². The van der Waals surface area contributed by atoms with Crippen LogP contribution in [-0.2, 0) is 4.79 Å². The second-order valence-electron chi connectivity index (χ2n) is 7.22. The number of benzene rings is 3. The predicted molar refractivity (Wildman–Crippen MR) is 121 cm³/mol. The minimum Gasteiger partial charge on any atom is -0.493 e. The number of carbonyl (C=O) groups excluding carboxylic acids is 2. The Morgan fingerprint density at radius 3 is 2.03 bits per heavy atom. The summed E-state index contributed by atoms with van der Waals surface area (Å²) in [6.45, 7) is 1.88. The lowest BCUT2D eigenvalue weighted by Gasteiger charge is -2.18. The van der Waals surface area contributed by atoms with Crippen molar-refractivity contribution in [2.24, 2.45) is 0 Å². The van der Waals surface area contributed by atoms with Gasteiger partial charge in [0.1, 0.15) is 0 Å². The fourth-order valence-electron chi connectivity index (χ4n) is 3.45. The molecule has 0 unspecified atom stereocenters. The molecule has 0 spiro atoms. The number of ketones is 1. The minimum absolute atomic E-state index is 0.0611. The van der Waals surface area contributed by atoms with Gasteiger partial charge in [-0.1, -0.05) is 60.7 Å². The van der Waals surface area contributed by atoms with Crippen molar-refractivity contribution in [1.82, 2.24) is 5.32 Å². The van der Waals surface area contributed by atoms with E-state index in [1.165, 1.54) is 25.2 Å². The van der Waals surface area contributed by atoms with Crippen LogP contribution in [0.1, 0.15) is 40.7 Å². The lowest BCUT2D eigenvalue weighted by atomic mass is 9.88. The van der Waals surface area contributed by atoms with Gasteiger partial charge in [-0.15, -0.1) is 0 Å².